The Morgan fingerprint density at radius 2 is 1.85 bits per heavy atom. The molecular formula is C10H22O3. The molecule has 0 aromatic carbocycles. The first-order valence-electron chi connectivity index (χ1n) is 4.82. The molecule has 0 aromatic rings. The van der Waals surface area contributed by atoms with E-state index in [0.29, 0.717) is 6.61 Å². The van der Waals surface area contributed by atoms with E-state index in [9.17, 15) is 0 Å². The van der Waals surface area contributed by atoms with Gasteiger partial charge in [0.1, 0.15) is 0 Å². The summed E-state index contributed by atoms with van der Waals surface area (Å²) < 4.78 is 15.9. The molecule has 0 rings (SSSR count). The quantitative estimate of drug-likeness (QED) is 0.476. The standard InChI is InChI=1S/C10H22O3/c1-6-7-8-12-9(11-5)13-10(2,3)4/h9H,6-8H2,1-5H3. The molecule has 3 nitrogen and oxygen atoms in total. The molecule has 0 bridgehead atoms. The lowest BCUT2D eigenvalue weighted by molar-refractivity contribution is -0.309. The molecule has 1 atom stereocenters. The van der Waals surface area contributed by atoms with Gasteiger partial charge >= 0.3 is 0 Å². The minimum absolute atomic E-state index is 0.229. The zero-order chi connectivity index (χ0) is 10.3. The lowest BCUT2D eigenvalue weighted by Gasteiger charge is -2.25. The molecule has 80 valence electrons. The van der Waals surface area contributed by atoms with E-state index < -0.39 is 6.48 Å². The monoisotopic (exact) mass is 190 g/mol. The summed E-state index contributed by atoms with van der Waals surface area (Å²) in [6, 6.07) is 0. The van der Waals surface area contributed by atoms with E-state index in [1.807, 2.05) is 20.8 Å². The van der Waals surface area contributed by atoms with Crippen molar-refractivity contribution in [3.8, 4) is 0 Å². The van der Waals surface area contributed by atoms with Gasteiger partial charge < -0.3 is 14.2 Å². The van der Waals surface area contributed by atoms with Gasteiger partial charge in [0, 0.05) is 7.11 Å². The van der Waals surface area contributed by atoms with E-state index in [1.54, 1.807) is 7.11 Å². The summed E-state index contributed by atoms with van der Waals surface area (Å²) in [5, 5.41) is 0. The third-order valence-electron chi connectivity index (χ3n) is 1.39. The van der Waals surface area contributed by atoms with Crippen LogP contribution in [-0.2, 0) is 14.2 Å². The molecule has 0 aliphatic rings. The van der Waals surface area contributed by atoms with Gasteiger partial charge in [0.2, 0.25) is 0 Å². The van der Waals surface area contributed by atoms with Crippen molar-refractivity contribution in [2.24, 2.45) is 0 Å². The van der Waals surface area contributed by atoms with Gasteiger partial charge in [0.05, 0.1) is 12.2 Å². The fourth-order valence-electron chi connectivity index (χ4n) is 0.763. The fourth-order valence-corrected chi connectivity index (χ4v) is 0.763. The number of methoxy groups -OCH3 is 1. The zero-order valence-corrected chi connectivity index (χ0v) is 9.42. The summed E-state index contributed by atoms with van der Waals surface area (Å²) in [5.74, 6) is 0. The van der Waals surface area contributed by atoms with Gasteiger partial charge in [0.25, 0.3) is 6.48 Å². The number of hydrogen-bond acceptors (Lipinski definition) is 3. The van der Waals surface area contributed by atoms with Crippen LogP contribution in [0.4, 0.5) is 0 Å². The molecule has 0 saturated heterocycles. The van der Waals surface area contributed by atoms with Crippen LogP contribution in [0.5, 0.6) is 0 Å². The van der Waals surface area contributed by atoms with E-state index in [-0.39, 0.29) is 5.60 Å². The summed E-state index contributed by atoms with van der Waals surface area (Å²) in [4.78, 5) is 0. The van der Waals surface area contributed by atoms with Crippen molar-refractivity contribution in [1.29, 1.82) is 0 Å². The van der Waals surface area contributed by atoms with E-state index in [0.717, 1.165) is 12.8 Å². The van der Waals surface area contributed by atoms with Crippen LogP contribution in [0.2, 0.25) is 0 Å². The van der Waals surface area contributed by atoms with Crippen molar-refractivity contribution in [3.05, 3.63) is 0 Å². The molecule has 0 saturated carbocycles. The largest absolute Gasteiger partial charge is 0.333 e. The van der Waals surface area contributed by atoms with E-state index in [1.165, 1.54) is 0 Å². The first-order valence-corrected chi connectivity index (χ1v) is 4.82. The molecule has 0 radical (unpaired) electrons. The van der Waals surface area contributed by atoms with Gasteiger partial charge in [-0.15, -0.1) is 0 Å². The number of unbranched alkanes of at least 4 members (excludes halogenated alkanes) is 1. The van der Waals surface area contributed by atoms with Crippen molar-refractivity contribution in [2.45, 2.75) is 52.6 Å². The van der Waals surface area contributed by atoms with Gasteiger partial charge in [0.15, 0.2) is 0 Å². The van der Waals surface area contributed by atoms with Crippen LogP contribution in [0.25, 0.3) is 0 Å². The highest BCUT2D eigenvalue weighted by atomic mass is 16.8. The van der Waals surface area contributed by atoms with Crippen LogP contribution in [0.15, 0.2) is 0 Å². The molecule has 0 fully saturated rings. The Morgan fingerprint density at radius 1 is 1.23 bits per heavy atom. The van der Waals surface area contributed by atoms with Crippen LogP contribution in [0.1, 0.15) is 40.5 Å². The average molecular weight is 190 g/mol. The lowest BCUT2D eigenvalue weighted by Crippen LogP contribution is -2.30. The third-order valence-corrected chi connectivity index (χ3v) is 1.39. The second kappa shape index (κ2) is 6.35. The first-order chi connectivity index (χ1) is 5.99. The second-order valence-electron chi connectivity index (χ2n) is 3.98. The molecule has 3 heteroatoms. The van der Waals surface area contributed by atoms with Crippen LogP contribution in [-0.4, -0.2) is 25.8 Å². The maximum atomic E-state index is 5.49. The van der Waals surface area contributed by atoms with Crippen molar-refractivity contribution in [1.82, 2.24) is 0 Å². The molecule has 0 aromatic heterocycles. The first kappa shape index (κ1) is 12.9. The Balaban J connectivity index is 3.63. The second-order valence-corrected chi connectivity index (χ2v) is 3.98. The summed E-state index contributed by atoms with van der Waals surface area (Å²) in [6.07, 6.45) is 2.15. The zero-order valence-electron chi connectivity index (χ0n) is 9.42. The normalized spacial score (nSPS) is 14.5. The molecule has 1 unspecified atom stereocenters. The number of ether oxygens (including phenoxy) is 3. The topological polar surface area (TPSA) is 27.7 Å². The maximum absolute atomic E-state index is 5.49. The number of rotatable bonds is 6. The molecule has 0 N–H and O–H groups in total. The summed E-state index contributed by atoms with van der Waals surface area (Å²) in [7, 11) is 1.59. The van der Waals surface area contributed by atoms with Crippen molar-refractivity contribution >= 4 is 0 Å². The Labute approximate surface area is 81.4 Å². The number of hydrogen-bond donors (Lipinski definition) is 0. The summed E-state index contributed by atoms with van der Waals surface area (Å²) in [5.41, 5.74) is -0.229. The van der Waals surface area contributed by atoms with E-state index in [2.05, 4.69) is 6.92 Å². The van der Waals surface area contributed by atoms with Crippen LogP contribution >= 0.6 is 0 Å². The highest BCUT2D eigenvalue weighted by molar-refractivity contribution is 4.57. The Kier molecular flexibility index (Phi) is 6.29. The van der Waals surface area contributed by atoms with E-state index >= 15 is 0 Å². The van der Waals surface area contributed by atoms with Gasteiger partial charge in [-0.3, -0.25) is 0 Å². The minimum Gasteiger partial charge on any atom is -0.333 e. The minimum atomic E-state index is -0.536. The molecule has 0 spiro atoms. The smallest absolute Gasteiger partial charge is 0.271 e. The Morgan fingerprint density at radius 3 is 2.23 bits per heavy atom. The maximum Gasteiger partial charge on any atom is 0.271 e. The SMILES string of the molecule is CCCCOC(OC)OC(C)(C)C. The molecule has 0 aliphatic carbocycles. The Bertz CT molecular complexity index is 118. The van der Waals surface area contributed by atoms with Crippen molar-refractivity contribution < 1.29 is 14.2 Å². The molecule has 0 heterocycles. The van der Waals surface area contributed by atoms with Gasteiger partial charge in [-0.25, -0.2) is 0 Å². The van der Waals surface area contributed by atoms with Gasteiger partial charge in [-0.2, -0.15) is 0 Å². The summed E-state index contributed by atoms with van der Waals surface area (Å²) >= 11 is 0. The molecule has 0 amide bonds. The van der Waals surface area contributed by atoms with Crippen LogP contribution < -0.4 is 0 Å². The van der Waals surface area contributed by atoms with Crippen molar-refractivity contribution in [2.75, 3.05) is 13.7 Å². The predicted octanol–water partition coefficient (Wildman–Crippen LogP) is 2.55. The van der Waals surface area contributed by atoms with Gasteiger partial charge in [-0.1, -0.05) is 13.3 Å². The average Bonchev–Trinajstić information content (AvgIpc) is 2.01. The highest BCUT2D eigenvalue weighted by Crippen LogP contribution is 2.12. The van der Waals surface area contributed by atoms with E-state index in [4.69, 9.17) is 14.2 Å². The molecule has 0 aliphatic heterocycles. The molecular weight excluding hydrogens is 168 g/mol. The highest BCUT2D eigenvalue weighted by Gasteiger charge is 2.18. The lowest BCUT2D eigenvalue weighted by atomic mass is 10.2. The predicted molar refractivity (Wildman–Crippen MR) is 52.5 cm³/mol. The third kappa shape index (κ3) is 8.22. The fraction of sp³-hybridized carbons (Fsp3) is 1.00. The van der Waals surface area contributed by atoms with Gasteiger partial charge in [-0.05, 0) is 27.2 Å². The van der Waals surface area contributed by atoms with Crippen LogP contribution in [0, 0.1) is 0 Å². The van der Waals surface area contributed by atoms with Crippen LogP contribution in [0.3, 0.4) is 0 Å². The summed E-state index contributed by atoms with van der Waals surface area (Å²) in [6.45, 7) is 8.19. The Hall–Kier alpha value is -0.120. The van der Waals surface area contributed by atoms with Crippen molar-refractivity contribution in [3.63, 3.8) is 0 Å². The molecule has 13 heavy (non-hydrogen) atoms.